The van der Waals surface area contributed by atoms with Gasteiger partial charge in [0.2, 0.25) is 0 Å². The van der Waals surface area contributed by atoms with Crippen LogP contribution >= 0.6 is 15.9 Å². The van der Waals surface area contributed by atoms with E-state index in [0.717, 1.165) is 16.5 Å². The summed E-state index contributed by atoms with van der Waals surface area (Å²) < 4.78 is 6.52. The number of carboxylic acids is 1. The van der Waals surface area contributed by atoms with Crippen LogP contribution in [-0.4, -0.2) is 17.7 Å². The molecule has 0 bridgehead atoms. The molecule has 1 N–H and O–H groups in total. The van der Waals surface area contributed by atoms with Crippen LogP contribution in [0.1, 0.15) is 24.5 Å². The van der Waals surface area contributed by atoms with Gasteiger partial charge in [0, 0.05) is 11.1 Å². The van der Waals surface area contributed by atoms with Gasteiger partial charge in [-0.15, -0.1) is 0 Å². The first kappa shape index (κ1) is 11.6. The van der Waals surface area contributed by atoms with Crippen LogP contribution in [0.4, 0.5) is 0 Å². The van der Waals surface area contributed by atoms with Crippen LogP contribution in [0.3, 0.4) is 0 Å². The highest BCUT2D eigenvalue weighted by molar-refractivity contribution is 9.10. The van der Waals surface area contributed by atoms with Crippen molar-refractivity contribution >= 4 is 21.9 Å². The van der Waals surface area contributed by atoms with Crippen molar-refractivity contribution in [3.63, 3.8) is 0 Å². The number of rotatable bonds is 2. The lowest BCUT2D eigenvalue weighted by Crippen LogP contribution is -2.29. The molecule has 1 fully saturated rings. The zero-order chi connectivity index (χ0) is 11.5. The Labute approximate surface area is 103 Å². The summed E-state index contributed by atoms with van der Waals surface area (Å²) in [5, 5.41) is 9.17. The van der Waals surface area contributed by atoms with Crippen LogP contribution in [0, 0.1) is 5.92 Å². The Bertz CT molecular complexity index is 392. The minimum atomic E-state index is -0.777. The smallest absolute Gasteiger partial charge is 0.309 e. The van der Waals surface area contributed by atoms with Gasteiger partial charge in [-0.1, -0.05) is 34.1 Å². The van der Waals surface area contributed by atoms with Crippen molar-refractivity contribution in [2.24, 2.45) is 5.92 Å². The SMILES string of the molecule is O=C(O)C1CCCOC1c1ccccc1Br. The zero-order valence-electron chi connectivity index (χ0n) is 8.73. The molecule has 0 radical (unpaired) electrons. The molecule has 1 aromatic carbocycles. The van der Waals surface area contributed by atoms with Crippen LogP contribution in [0.2, 0.25) is 0 Å². The standard InChI is InChI=1S/C12H13BrO3/c13-10-6-2-1-4-8(10)11-9(12(14)15)5-3-7-16-11/h1-2,4,6,9,11H,3,5,7H2,(H,14,15). The average molecular weight is 285 g/mol. The van der Waals surface area contributed by atoms with Crippen LogP contribution in [0.5, 0.6) is 0 Å². The second-order valence-corrected chi connectivity index (χ2v) is 4.75. The predicted octanol–water partition coefficient (Wildman–Crippen LogP) is 3.00. The van der Waals surface area contributed by atoms with Gasteiger partial charge < -0.3 is 9.84 Å². The Balaban J connectivity index is 2.30. The summed E-state index contributed by atoms with van der Waals surface area (Å²) in [5.41, 5.74) is 0.926. The Morgan fingerprint density at radius 2 is 2.19 bits per heavy atom. The maximum Gasteiger partial charge on any atom is 0.309 e. The first-order chi connectivity index (χ1) is 7.70. The number of carbonyl (C=O) groups is 1. The third kappa shape index (κ3) is 2.28. The van der Waals surface area contributed by atoms with Gasteiger partial charge in [-0.05, 0) is 24.5 Å². The van der Waals surface area contributed by atoms with Gasteiger partial charge in [0.05, 0.1) is 12.0 Å². The molecule has 0 saturated carbocycles. The molecule has 1 heterocycles. The van der Waals surface area contributed by atoms with E-state index < -0.39 is 11.9 Å². The van der Waals surface area contributed by atoms with Crippen LogP contribution < -0.4 is 0 Å². The molecule has 86 valence electrons. The number of hydrogen-bond donors (Lipinski definition) is 1. The highest BCUT2D eigenvalue weighted by Crippen LogP contribution is 2.37. The van der Waals surface area contributed by atoms with Crippen LogP contribution in [0.15, 0.2) is 28.7 Å². The molecule has 1 aliphatic heterocycles. The number of halogens is 1. The molecule has 1 saturated heterocycles. The number of hydrogen-bond acceptors (Lipinski definition) is 2. The van der Waals surface area contributed by atoms with Crippen molar-refractivity contribution in [3.05, 3.63) is 34.3 Å². The molecule has 2 unspecified atom stereocenters. The van der Waals surface area contributed by atoms with Crippen molar-refractivity contribution in [1.29, 1.82) is 0 Å². The fourth-order valence-corrected chi connectivity index (χ4v) is 2.56. The second-order valence-electron chi connectivity index (χ2n) is 3.90. The molecule has 16 heavy (non-hydrogen) atoms. The van der Waals surface area contributed by atoms with Crippen molar-refractivity contribution in [2.75, 3.05) is 6.61 Å². The van der Waals surface area contributed by atoms with Gasteiger partial charge in [0.1, 0.15) is 0 Å². The van der Waals surface area contributed by atoms with E-state index in [0.29, 0.717) is 13.0 Å². The maximum atomic E-state index is 11.2. The van der Waals surface area contributed by atoms with Crippen LogP contribution in [0.25, 0.3) is 0 Å². The van der Waals surface area contributed by atoms with E-state index >= 15 is 0 Å². The largest absolute Gasteiger partial charge is 0.481 e. The summed E-state index contributed by atoms with van der Waals surface area (Å²) in [7, 11) is 0. The maximum absolute atomic E-state index is 11.2. The molecule has 2 rings (SSSR count). The number of carboxylic acid groups (broad SMARTS) is 1. The van der Waals surface area contributed by atoms with Crippen molar-refractivity contribution in [2.45, 2.75) is 18.9 Å². The molecule has 4 heteroatoms. The summed E-state index contributed by atoms with van der Waals surface area (Å²) in [4.78, 5) is 11.2. The van der Waals surface area contributed by atoms with E-state index in [9.17, 15) is 4.79 Å². The molecule has 0 aliphatic carbocycles. The van der Waals surface area contributed by atoms with Gasteiger partial charge in [0.25, 0.3) is 0 Å². The van der Waals surface area contributed by atoms with Gasteiger partial charge in [-0.25, -0.2) is 0 Å². The van der Waals surface area contributed by atoms with Crippen molar-refractivity contribution in [1.82, 2.24) is 0 Å². The monoisotopic (exact) mass is 284 g/mol. The van der Waals surface area contributed by atoms with E-state index in [1.54, 1.807) is 0 Å². The second kappa shape index (κ2) is 4.97. The van der Waals surface area contributed by atoms with Gasteiger partial charge >= 0.3 is 5.97 Å². The van der Waals surface area contributed by atoms with E-state index in [1.165, 1.54) is 0 Å². The Morgan fingerprint density at radius 1 is 1.44 bits per heavy atom. The van der Waals surface area contributed by atoms with Gasteiger partial charge in [0.15, 0.2) is 0 Å². The Kier molecular flexibility index (Phi) is 3.61. The molecule has 3 nitrogen and oxygen atoms in total. The lowest BCUT2D eigenvalue weighted by atomic mass is 9.90. The summed E-state index contributed by atoms with van der Waals surface area (Å²) in [6.07, 6.45) is 1.17. The molecule has 0 aromatic heterocycles. The van der Waals surface area contributed by atoms with Crippen molar-refractivity contribution < 1.29 is 14.6 Å². The minimum absolute atomic E-state index is 0.332. The highest BCUT2D eigenvalue weighted by Gasteiger charge is 2.33. The topological polar surface area (TPSA) is 46.5 Å². The lowest BCUT2D eigenvalue weighted by Gasteiger charge is -2.29. The first-order valence-corrected chi connectivity index (χ1v) is 6.08. The summed E-state index contributed by atoms with van der Waals surface area (Å²) in [5.74, 6) is -1.21. The van der Waals surface area contributed by atoms with E-state index in [4.69, 9.17) is 9.84 Å². The van der Waals surface area contributed by atoms with Crippen LogP contribution in [-0.2, 0) is 9.53 Å². The quantitative estimate of drug-likeness (QED) is 0.908. The molecule has 0 amide bonds. The molecular formula is C12H13BrO3. The first-order valence-electron chi connectivity index (χ1n) is 5.29. The Hall–Kier alpha value is -0.870. The third-order valence-corrected chi connectivity index (χ3v) is 3.57. The fourth-order valence-electron chi connectivity index (χ4n) is 2.05. The highest BCUT2D eigenvalue weighted by atomic mass is 79.9. The van der Waals surface area contributed by atoms with E-state index in [1.807, 2.05) is 24.3 Å². The van der Waals surface area contributed by atoms with E-state index in [-0.39, 0.29) is 6.10 Å². The normalized spacial score (nSPS) is 25.3. The van der Waals surface area contributed by atoms with Crippen molar-refractivity contribution in [3.8, 4) is 0 Å². The lowest BCUT2D eigenvalue weighted by molar-refractivity contribution is -0.151. The molecular weight excluding hydrogens is 272 g/mol. The summed E-state index contributed by atoms with van der Waals surface area (Å²) in [6.45, 7) is 0.635. The summed E-state index contributed by atoms with van der Waals surface area (Å²) in [6, 6.07) is 7.63. The molecule has 2 atom stereocenters. The molecule has 1 aromatic rings. The summed E-state index contributed by atoms with van der Waals surface area (Å²) >= 11 is 3.44. The average Bonchev–Trinajstić information content (AvgIpc) is 2.29. The molecule has 0 spiro atoms. The predicted molar refractivity (Wildman–Crippen MR) is 63.2 cm³/mol. The van der Waals surface area contributed by atoms with Gasteiger partial charge in [-0.3, -0.25) is 4.79 Å². The minimum Gasteiger partial charge on any atom is -0.481 e. The van der Waals surface area contributed by atoms with E-state index in [2.05, 4.69) is 15.9 Å². The number of aliphatic carboxylic acids is 1. The third-order valence-electron chi connectivity index (χ3n) is 2.85. The fraction of sp³-hybridized carbons (Fsp3) is 0.417. The number of ether oxygens (including phenoxy) is 1. The molecule has 1 aliphatic rings. The Morgan fingerprint density at radius 3 is 2.88 bits per heavy atom. The zero-order valence-corrected chi connectivity index (χ0v) is 10.3. The number of benzene rings is 1. The van der Waals surface area contributed by atoms with Gasteiger partial charge in [-0.2, -0.15) is 0 Å².